The zero-order chi connectivity index (χ0) is 19.4. The van der Waals surface area contributed by atoms with E-state index < -0.39 is 0 Å². The van der Waals surface area contributed by atoms with Gasteiger partial charge in [0.05, 0.1) is 19.4 Å². The minimum absolute atomic E-state index is 0.00106. The van der Waals surface area contributed by atoms with Gasteiger partial charge in [0.15, 0.2) is 0 Å². The van der Waals surface area contributed by atoms with Crippen molar-refractivity contribution >= 4 is 6.03 Å². The molecule has 0 aliphatic carbocycles. The number of aryl methyl sites for hydroxylation is 1. The first-order chi connectivity index (χ1) is 13.7. The number of nitrogens with zero attached hydrogens (tertiary/aromatic N) is 4. The Morgan fingerprint density at radius 1 is 1.25 bits per heavy atom. The van der Waals surface area contributed by atoms with Gasteiger partial charge in [-0.05, 0) is 43.2 Å². The van der Waals surface area contributed by atoms with Crippen LogP contribution in [-0.4, -0.2) is 52.5 Å². The highest BCUT2D eigenvalue weighted by Crippen LogP contribution is 2.41. The van der Waals surface area contributed by atoms with Gasteiger partial charge in [0.1, 0.15) is 17.4 Å². The lowest BCUT2D eigenvalue weighted by Gasteiger charge is -2.41. The van der Waals surface area contributed by atoms with Crippen LogP contribution < -0.4 is 5.32 Å². The van der Waals surface area contributed by atoms with Gasteiger partial charge < -0.3 is 23.9 Å². The summed E-state index contributed by atoms with van der Waals surface area (Å²) in [5.74, 6) is 2.91. The van der Waals surface area contributed by atoms with E-state index in [0.717, 1.165) is 75.6 Å². The molecule has 2 aliphatic heterocycles. The van der Waals surface area contributed by atoms with Crippen LogP contribution in [0, 0.1) is 5.41 Å². The first-order valence-electron chi connectivity index (χ1n) is 10.1. The summed E-state index contributed by atoms with van der Waals surface area (Å²) in [6.07, 6.45) is 7.74. The van der Waals surface area contributed by atoms with Crippen molar-refractivity contribution in [1.29, 1.82) is 0 Å². The first kappa shape index (κ1) is 19.0. The topological polar surface area (TPSA) is 85.4 Å². The summed E-state index contributed by atoms with van der Waals surface area (Å²) in [4.78, 5) is 14.4. The number of amides is 2. The Kier molecular flexibility index (Phi) is 5.66. The first-order valence-corrected chi connectivity index (χ1v) is 10.1. The fourth-order valence-corrected chi connectivity index (χ4v) is 4.42. The number of hydrogen-bond acceptors (Lipinski definition) is 5. The van der Waals surface area contributed by atoms with Gasteiger partial charge in [0.2, 0.25) is 0 Å². The van der Waals surface area contributed by atoms with Crippen molar-refractivity contribution in [3.05, 3.63) is 35.8 Å². The van der Waals surface area contributed by atoms with Crippen molar-refractivity contribution in [2.45, 2.75) is 51.6 Å². The number of fused-ring (bicyclic) bond motifs is 1. The molecule has 0 radical (unpaired) electrons. The van der Waals surface area contributed by atoms with Gasteiger partial charge in [0, 0.05) is 39.6 Å². The number of hydrogen-bond donors (Lipinski definition) is 1. The van der Waals surface area contributed by atoms with Gasteiger partial charge in [-0.1, -0.05) is 0 Å². The van der Waals surface area contributed by atoms with Gasteiger partial charge in [-0.2, -0.15) is 0 Å². The molecular formula is C20H29N5O3. The smallest absolute Gasteiger partial charge is 0.317 e. The second-order valence-electron chi connectivity index (χ2n) is 7.90. The molecule has 1 spiro atoms. The Morgan fingerprint density at radius 2 is 2.07 bits per heavy atom. The molecule has 2 aromatic heterocycles. The van der Waals surface area contributed by atoms with Crippen LogP contribution in [-0.2, 0) is 30.7 Å². The molecule has 28 heavy (non-hydrogen) atoms. The molecule has 1 fully saturated rings. The number of urea groups is 1. The lowest BCUT2D eigenvalue weighted by Crippen LogP contribution is -2.47. The number of methoxy groups -OCH3 is 1. The number of furan rings is 1. The molecule has 4 heterocycles. The fourth-order valence-electron chi connectivity index (χ4n) is 4.42. The molecular weight excluding hydrogens is 358 g/mol. The van der Waals surface area contributed by atoms with E-state index in [9.17, 15) is 4.79 Å². The van der Waals surface area contributed by atoms with Gasteiger partial charge in [-0.25, -0.2) is 4.79 Å². The SMILES string of the molecule is COCCc1nnc2n1CCC1(CC2)CCN(C(=O)NCc2ccco2)CC1. The highest BCUT2D eigenvalue weighted by atomic mass is 16.5. The Labute approximate surface area is 165 Å². The van der Waals surface area contributed by atoms with Crippen LogP contribution in [0.15, 0.2) is 22.8 Å². The second-order valence-corrected chi connectivity index (χ2v) is 7.90. The number of carbonyl (C=O) groups is 1. The monoisotopic (exact) mass is 387 g/mol. The Morgan fingerprint density at radius 3 is 2.82 bits per heavy atom. The number of nitrogens with one attached hydrogen (secondary N) is 1. The standard InChI is InChI=1S/C20H29N5O3/c1-27-14-5-18-23-22-17-4-6-20(9-12-25(17)18)7-10-24(11-8-20)19(26)21-15-16-3-2-13-28-16/h2-3,13H,4-12,14-15H2,1H3,(H,21,26). The molecule has 1 N–H and O–H groups in total. The van der Waals surface area contributed by atoms with E-state index in [0.29, 0.717) is 18.6 Å². The predicted octanol–water partition coefficient (Wildman–Crippen LogP) is 2.39. The van der Waals surface area contributed by atoms with E-state index in [2.05, 4.69) is 20.1 Å². The van der Waals surface area contributed by atoms with E-state index >= 15 is 0 Å². The number of aromatic nitrogens is 3. The van der Waals surface area contributed by atoms with Gasteiger partial charge >= 0.3 is 6.03 Å². The summed E-state index contributed by atoms with van der Waals surface area (Å²) in [6.45, 7) is 3.69. The van der Waals surface area contributed by atoms with Crippen molar-refractivity contribution < 1.29 is 13.9 Å². The third kappa shape index (κ3) is 4.06. The summed E-state index contributed by atoms with van der Waals surface area (Å²) < 4.78 is 12.8. The quantitative estimate of drug-likeness (QED) is 0.851. The number of rotatable bonds is 5. The second kappa shape index (κ2) is 8.34. The Balaban J connectivity index is 1.30. The largest absolute Gasteiger partial charge is 0.467 e. The molecule has 8 nitrogen and oxygen atoms in total. The Hall–Kier alpha value is -2.35. The minimum Gasteiger partial charge on any atom is -0.467 e. The summed E-state index contributed by atoms with van der Waals surface area (Å²) >= 11 is 0. The van der Waals surface area contributed by atoms with Crippen molar-refractivity contribution in [3.63, 3.8) is 0 Å². The van der Waals surface area contributed by atoms with Crippen LogP contribution in [0.25, 0.3) is 0 Å². The van der Waals surface area contributed by atoms with E-state index in [1.54, 1.807) is 13.4 Å². The molecule has 8 heteroatoms. The van der Waals surface area contributed by atoms with Crippen LogP contribution in [0.5, 0.6) is 0 Å². The third-order valence-corrected chi connectivity index (χ3v) is 6.28. The number of piperidine rings is 1. The van der Waals surface area contributed by atoms with Gasteiger partial charge in [0.25, 0.3) is 0 Å². The molecule has 4 rings (SSSR count). The van der Waals surface area contributed by atoms with Crippen LogP contribution in [0.2, 0.25) is 0 Å². The highest BCUT2D eigenvalue weighted by Gasteiger charge is 2.37. The molecule has 2 aliphatic rings. The van der Waals surface area contributed by atoms with Crippen LogP contribution in [0.1, 0.15) is 43.1 Å². The normalized spacial score (nSPS) is 18.7. The van der Waals surface area contributed by atoms with Crippen LogP contribution in [0.4, 0.5) is 4.79 Å². The molecule has 152 valence electrons. The molecule has 0 atom stereocenters. The average molecular weight is 387 g/mol. The van der Waals surface area contributed by atoms with E-state index in [4.69, 9.17) is 9.15 Å². The summed E-state index contributed by atoms with van der Waals surface area (Å²) in [6, 6.07) is 3.70. The molecule has 0 aromatic carbocycles. The molecule has 0 bridgehead atoms. The third-order valence-electron chi connectivity index (χ3n) is 6.28. The zero-order valence-corrected chi connectivity index (χ0v) is 16.5. The number of likely N-dealkylation sites (tertiary alicyclic amines) is 1. The van der Waals surface area contributed by atoms with Gasteiger partial charge in [-0.3, -0.25) is 0 Å². The van der Waals surface area contributed by atoms with E-state index in [-0.39, 0.29) is 6.03 Å². The fraction of sp³-hybridized carbons (Fsp3) is 0.650. The minimum atomic E-state index is -0.00106. The summed E-state index contributed by atoms with van der Waals surface area (Å²) in [7, 11) is 1.72. The van der Waals surface area contributed by atoms with Crippen molar-refractivity contribution in [2.75, 3.05) is 26.8 Å². The maximum Gasteiger partial charge on any atom is 0.317 e. The molecule has 0 saturated carbocycles. The molecule has 2 aromatic rings. The van der Waals surface area contributed by atoms with Crippen molar-refractivity contribution in [3.8, 4) is 0 Å². The van der Waals surface area contributed by atoms with Crippen LogP contribution >= 0.6 is 0 Å². The number of carbonyl (C=O) groups excluding carboxylic acids is 1. The lowest BCUT2D eigenvalue weighted by atomic mass is 9.73. The van der Waals surface area contributed by atoms with Crippen molar-refractivity contribution in [1.82, 2.24) is 25.0 Å². The highest BCUT2D eigenvalue weighted by molar-refractivity contribution is 5.74. The van der Waals surface area contributed by atoms with E-state index in [1.807, 2.05) is 17.0 Å². The molecule has 2 amide bonds. The molecule has 0 unspecified atom stereocenters. The Bertz CT molecular complexity index is 778. The van der Waals surface area contributed by atoms with Gasteiger partial charge in [-0.15, -0.1) is 10.2 Å². The molecule has 1 saturated heterocycles. The van der Waals surface area contributed by atoms with Crippen molar-refractivity contribution in [2.24, 2.45) is 5.41 Å². The zero-order valence-electron chi connectivity index (χ0n) is 16.5. The van der Waals surface area contributed by atoms with Crippen LogP contribution in [0.3, 0.4) is 0 Å². The summed E-state index contributed by atoms with van der Waals surface area (Å²) in [5, 5.41) is 11.7. The summed E-state index contributed by atoms with van der Waals surface area (Å²) in [5.41, 5.74) is 0.303. The maximum absolute atomic E-state index is 12.5. The average Bonchev–Trinajstić information content (AvgIpc) is 3.34. The predicted molar refractivity (Wildman–Crippen MR) is 103 cm³/mol. The number of ether oxygens (including phenoxy) is 1. The lowest BCUT2D eigenvalue weighted by molar-refractivity contribution is 0.1000. The van der Waals surface area contributed by atoms with E-state index in [1.165, 1.54) is 0 Å². The maximum atomic E-state index is 12.5.